The summed E-state index contributed by atoms with van der Waals surface area (Å²) in [7, 11) is 0. The number of esters is 1. The van der Waals surface area contributed by atoms with Crippen LogP contribution in [0.5, 0.6) is 0 Å². The molecule has 1 saturated heterocycles. The minimum absolute atomic E-state index is 0.286. The van der Waals surface area contributed by atoms with Crippen LogP contribution in [-0.2, 0) is 14.3 Å². The van der Waals surface area contributed by atoms with E-state index >= 15 is 0 Å². The molecular formula is C15H20O5. The fraction of sp³-hybridized carbons (Fsp3) is 0.733. The maximum Gasteiger partial charge on any atom is 0.334 e. The number of aliphatic hydroxyl groups excluding tert-OH is 2. The SMILES string of the molecule is C=C1C(=O)O[C@H]2C[C@]3(C)[C@@H]([C@@H](O)[C@H]12)[C@@H](C=O)CC[C@H]3O. The predicted molar refractivity (Wildman–Crippen MR) is 69.5 cm³/mol. The van der Waals surface area contributed by atoms with Gasteiger partial charge in [-0.05, 0) is 19.3 Å². The number of rotatable bonds is 1. The maximum atomic E-state index is 11.7. The molecule has 1 aliphatic heterocycles. The van der Waals surface area contributed by atoms with Crippen LogP contribution in [0.25, 0.3) is 0 Å². The van der Waals surface area contributed by atoms with Crippen LogP contribution in [0, 0.1) is 23.2 Å². The first-order valence-corrected chi connectivity index (χ1v) is 7.11. The van der Waals surface area contributed by atoms with Crippen molar-refractivity contribution in [2.75, 3.05) is 0 Å². The lowest BCUT2D eigenvalue weighted by molar-refractivity contribution is -0.182. The van der Waals surface area contributed by atoms with Gasteiger partial charge >= 0.3 is 5.97 Å². The molecule has 0 aromatic rings. The van der Waals surface area contributed by atoms with E-state index in [9.17, 15) is 19.8 Å². The van der Waals surface area contributed by atoms with Crippen LogP contribution in [-0.4, -0.2) is 40.8 Å². The molecule has 0 unspecified atom stereocenters. The lowest BCUT2D eigenvalue weighted by Crippen LogP contribution is -2.60. The molecule has 0 bridgehead atoms. The van der Waals surface area contributed by atoms with Crippen LogP contribution < -0.4 is 0 Å². The van der Waals surface area contributed by atoms with Crippen molar-refractivity contribution >= 4 is 12.3 Å². The number of hydrogen-bond donors (Lipinski definition) is 2. The van der Waals surface area contributed by atoms with Gasteiger partial charge in [0.1, 0.15) is 12.4 Å². The zero-order chi connectivity index (χ0) is 14.7. The van der Waals surface area contributed by atoms with Crippen LogP contribution >= 0.6 is 0 Å². The van der Waals surface area contributed by atoms with E-state index in [0.717, 1.165) is 6.29 Å². The van der Waals surface area contributed by atoms with E-state index in [1.54, 1.807) is 0 Å². The summed E-state index contributed by atoms with van der Waals surface area (Å²) in [6.07, 6.45) is 0.547. The molecule has 0 aromatic carbocycles. The zero-order valence-electron chi connectivity index (χ0n) is 11.5. The van der Waals surface area contributed by atoms with E-state index in [2.05, 4.69) is 6.58 Å². The lowest BCUT2D eigenvalue weighted by Gasteiger charge is -2.55. The highest BCUT2D eigenvalue weighted by Gasteiger charge is 2.61. The van der Waals surface area contributed by atoms with Gasteiger partial charge in [0.2, 0.25) is 0 Å². The van der Waals surface area contributed by atoms with Crippen molar-refractivity contribution in [3.05, 3.63) is 12.2 Å². The molecule has 0 spiro atoms. The predicted octanol–water partition coefficient (Wildman–Crippen LogP) is 0.441. The van der Waals surface area contributed by atoms with Crippen molar-refractivity contribution in [1.29, 1.82) is 0 Å². The van der Waals surface area contributed by atoms with Crippen molar-refractivity contribution < 1.29 is 24.5 Å². The van der Waals surface area contributed by atoms with Crippen molar-refractivity contribution in [2.45, 2.75) is 44.5 Å². The van der Waals surface area contributed by atoms with E-state index in [4.69, 9.17) is 4.74 Å². The minimum atomic E-state index is -0.872. The van der Waals surface area contributed by atoms with Gasteiger partial charge in [-0.2, -0.15) is 0 Å². The average molecular weight is 280 g/mol. The summed E-state index contributed by atoms with van der Waals surface area (Å²) in [5.41, 5.74) is -0.316. The van der Waals surface area contributed by atoms with Crippen molar-refractivity contribution in [2.24, 2.45) is 23.2 Å². The smallest absolute Gasteiger partial charge is 0.334 e. The summed E-state index contributed by atoms with van der Waals surface area (Å²) in [6.45, 7) is 5.60. The number of carbonyl (C=O) groups is 2. The van der Waals surface area contributed by atoms with E-state index in [-0.39, 0.29) is 17.4 Å². The van der Waals surface area contributed by atoms with E-state index in [1.807, 2.05) is 6.92 Å². The van der Waals surface area contributed by atoms with Gasteiger partial charge in [0.05, 0.1) is 18.1 Å². The molecule has 2 N–H and O–H groups in total. The Kier molecular flexibility index (Phi) is 3.03. The number of fused-ring (bicyclic) bond motifs is 2. The van der Waals surface area contributed by atoms with Gasteiger partial charge in [-0.3, -0.25) is 0 Å². The summed E-state index contributed by atoms with van der Waals surface area (Å²) in [5.74, 6) is -1.56. The highest BCUT2D eigenvalue weighted by atomic mass is 16.6. The highest BCUT2D eigenvalue weighted by molar-refractivity contribution is 5.91. The summed E-state index contributed by atoms with van der Waals surface area (Å²) in [5, 5.41) is 21.0. The topological polar surface area (TPSA) is 83.8 Å². The van der Waals surface area contributed by atoms with Crippen LogP contribution in [0.2, 0.25) is 0 Å². The third kappa shape index (κ3) is 1.63. The third-order valence-electron chi connectivity index (χ3n) is 5.63. The first-order valence-electron chi connectivity index (χ1n) is 7.11. The van der Waals surface area contributed by atoms with E-state index < -0.39 is 35.6 Å². The lowest BCUT2D eigenvalue weighted by atomic mass is 9.51. The second-order valence-electron chi connectivity index (χ2n) is 6.61. The molecule has 0 amide bonds. The molecule has 5 nitrogen and oxygen atoms in total. The molecule has 3 aliphatic rings. The summed E-state index contributed by atoms with van der Waals surface area (Å²) in [6, 6.07) is 0. The molecule has 0 aromatic heterocycles. The van der Waals surface area contributed by atoms with Crippen molar-refractivity contribution in [3.8, 4) is 0 Å². The number of aldehydes is 1. The zero-order valence-corrected chi connectivity index (χ0v) is 11.5. The fourth-order valence-corrected chi connectivity index (χ4v) is 4.54. The van der Waals surface area contributed by atoms with Crippen LogP contribution in [0.4, 0.5) is 0 Å². The van der Waals surface area contributed by atoms with Gasteiger partial charge in [0.15, 0.2) is 0 Å². The molecule has 7 atom stereocenters. The normalized spacial score (nSPS) is 51.1. The monoisotopic (exact) mass is 280 g/mol. The molecule has 2 saturated carbocycles. The summed E-state index contributed by atoms with van der Waals surface area (Å²) < 4.78 is 5.28. The van der Waals surface area contributed by atoms with Gasteiger partial charge < -0.3 is 19.7 Å². The molecule has 1 heterocycles. The fourth-order valence-electron chi connectivity index (χ4n) is 4.54. The third-order valence-corrected chi connectivity index (χ3v) is 5.63. The highest BCUT2D eigenvalue weighted by Crippen LogP contribution is 2.56. The molecule has 3 rings (SSSR count). The molecule has 110 valence electrons. The van der Waals surface area contributed by atoms with Crippen LogP contribution in [0.1, 0.15) is 26.2 Å². The van der Waals surface area contributed by atoms with Gasteiger partial charge in [0, 0.05) is 22.8 Å². The molecule has 3 fully saturated rings. The van der Waals surface area contributed by atoms with Gasteiger partial charge in [0.25, 0.3) is 0 Å². The summed E-state index contributed by atoms with van der Waals surface area (Å²) >= 11 is 0. The standard InChI is InChI=1S/C15H20O5/c1-7-11-9(20-14(7)19)5-15(2)10(17)4-3-8(6-16)12(15)13(11)18/h6,8-13,17-18H,1,3-5H2,2H3/t8-,9+,10-,11-,12-,13+,15+/m1/s1. The molecule has 5 heteroatoms. The van der Waals surface area contributed by atoms with Crippen LogP contribution in [0.3, 0.4) is 0 Å². The van der Waals surface area contributed by atoms with Crippen LogP contribution in [0.15, 0.2) is 12.2 Å². The number of ether oxygens (including phenoxy) is 1. The number of aliphatic hydroxyl groups is 2. The van der Waals surface area contributed by atoms with E-state index in [1.165, 1.54) is 0 Å². The van der Waals surface area contributed by atoms with E-state index in [0.29, 0.717) is 19.3 Å². The Labute approximate surface area is 117 Å². The largest absolute Gasteiger partial charge is 0.458 e. The molecule has 0 radical (unpaired) electrons. The van der Waals surface area contributed by atoms with Crippen molar-refractivity contribution in [3.63, 3.8) is 0 Å². The first-order chi connectivity index (χ1) is 9.40. The second-order valence-corrected chi connectivity index (χ2v) is 6.61. The Bertz CT molecular complexity index is 473. The number of hydrogen-bond acceptors (Lipinski definition) is 5. The minimum Gasteiger partial charge on any atom is -0.458 e. The van der Waals surface area contributed by atoms with Gasteiger partial charge in [-0.15, -0.1) is 0 Å². The van der Waals surface area contributed by atoms with Gasteiger partial charge in [-0.1, -0.05) is 13.5 Å². The second kappa shape index (κ2) is 4.40. The quantitative estimate of drug-likeness (QED) is 0.414. The van der Waals surface area contributed by atoms with Crippen molar-refractivity contribution in [1.82, 2.24) is 0 Å². The Balaban J connectivity index is 2.02. The first kappa shape index (κ1) is 13.8. The summed E-state index contributed by atoms with van der Waals surface area (Å²) in [4.78, 5) is 23.0. The Morgan fingerprint density at radius 3 is 2.75 bits per heavy atom. The number of carbonyl (C=O) groups excluding carboxylic acids is 2. The average Bonchev–Trinajstić information content (AvgIpc) is 2.67. The van der Waals surface area contributed by atoms with Gasteiger partial charge in [-0.25, -0.2) is 4.79 Å². The Hall–Kier alpha value is -1.20. The Morgan fingerprint density at radius 1 is 1.40 bits per heavy atom. The molecule has 20 heavy (non-hydrogen) atoms. The molecular weight excluding hydrogens is 260 g/mol. The maximum absolute atomic E-state index is 11.7. The molecule has 2 aliphatic carbocycles. The Morgan fingerprint density at radius 2 is 2.10 bits per heavy atom.